The lowest BCUT2D eigenvalue weighted by Crippen LogP contribution is -2.26. The van der Waals surface area contributed by atoms with Crippen molar-refractivity contribution in [1.29, 1.82) is 0 Å². The zero-order valence-corrected chi connectivity index (χ0v) is 18.0. The molecule has 1 amide bonds. The topological polar surface area (TPSA) is 135 Å². The summed E-state index contributed by atoms with van der Waals surface area (Å²) in [5, 5.41) is 7.83. The Balaban J connectivity index is 1.67. The maximum atomic E-state index is 12.6. The van der Waals surface area contributed by atoms with Crippen LogP contribution in [0.1, 0.15) is 12.5 Å². The first-order chi connectivity index (χ1) is 13.6. The van der Waals surface area contributed by atoms with Crippen LogP contribution in [0.2, 0.25) is 0 Å². The molecule has 1 aliphatic rings. The third kappa shape index (κ3) is 5.37. The average Bonchev–Trinajstić information content (AvgIpc) is 2.79. The number of anilines is 1. The van der Waals surface area contributed by atoms with Crippen LogP contribution in [0.15, 0.2) is 57.2 Å². The van der Waals surface area contributed by atoms with E-state index < -0.39 is 20.0 Å². The van der Waals surface area contributed by atoms with E-state index in [0.717, 1.165) is 10.5 Å². The van der Waals surface area contributed by atoms with E-state index >= 15 is 0 Å². The molecule has 3 rings (SSSR count). The fraction of sp³-hybridized carbons (Fsp3) is 0.278. The van der Waals surface area contributed by atoms with Crippen LogP contribution in [0.4, 0.5) is 5.69 Å². The number of nitrogens with one attached hydrogen (secondary N) is 2. The third-order valence-electron chi connectivity index (χ3n) is 4.41. The number of hydrogen-bond donors (Lipinski definition) is 3. The summed E-state index contributed by atoms with van der Waals surface area (Å²) in [7, 11) is -7.52. The lowest BCUT2D eigenvalue weighted by atomic mass is 10.2. The van der Waals surface area contributed by atoms with Gasteiger partial charge < -0.3 is 5.32 Å². The van der Waals surface area contributed by atoms with Gasteiger partial charge in [0.25, 0.3) is 0 Å². The van der Waals surface area contributed by atoms with Crippen molar-refractivity contribution in [3.8, 4) is 0 Å². The zero-order valence-electron chi connectivity index (χ0n) is 15.6. The maximum Gasteiger partial charge on any atom is 0.240 e. The molecule has 0 bridgehead atoms. The Morgan fingerprint density at radius 3 is 2.41 bits per heavy atom. The van der Waals surface area contributed by atoms with Gasteiger partial charge in [0.05, 0.1) is 15.5 Å². The van der Waals surface area contributed by atoms with Gasteiger partial charge in [-0.1, -0.05) is 19.1 Å². The van der Waals surface area contributed by atoms with Gasteiger partial charge >= 0.3 is 0 Å². The van der Waals surface area contributed by atoms with E-state index in [0.29, 0.717) is 17.9 Å². The van der Waals surface area contributed by atoms with Crippen LogP contribution in [0.3, 0.4) is 0 Å². The van der Waals surface area contributed by atoms with E-state index in [1.807, 2.05) is 6.92 Å². The lowest BCUT2D eigenvalue weighted by Gasteiger charge is -2.11. The van der Waals surface area contributed by atoms with Crippen molar-refractivity contribution in [1.82, 2.24) is 4.72 Å². The molecule has 1 atom stereocenters. The summed E-state index contributed by atoms with van der Waals surface area (Å²) in [5.74, 6) is 0.334. The number of hydrogen-bond acceptors (Lipinski definition) is 6. The fourth-order valence-corrected chi connectivity index (χ4v) is 5.29. The fourth-order valence-electron chi connectivity index (χ4n) is 2.71. The molecule has 8 nitrogen and oxygen atoms in total. The van der Waals surface area contributed by atoms with Gasteiger partial charge in [-0.15, -0.1) is 11.8 Å². The Hall–Kier alpha value is -1.92. The molecule has 2 aromatic rings. The summed E-state index contributed by atoms with van der Waals surface area (Å²) >= 11 is 1.51. The van der Waals surface area contributed by atoms with Gasteiger partial charge in [-0.25, -0.2) is 26.7 Å². The molecule has 0 saturated heterocycles. The quantitative estimate of drug-likeness (QED) is 0.604. The Labute approximate surface area is 174 Å². The number of primary sulfonamides is 1. The molecule has 0 aromatic heterocycles. The van der Waals surface area contributed by atoms with E-state index in [2.05, 4.69) is 10.0 Å². The van der Waals surface area contributed by atoms with Crippen molar-refractivity contribution in [3.05, 3.63) is 48.0 Å². The molecule has 0 aliphatic carbocycles. The SMILES string of the molecule is C[C@@H]1CSc2ccc(S(=O)(=O)NCCc3ccc(S(N)(=O)=O)cc3)cc2NC1=O. The largest absolute Gasteiger partial charge is 0.325 e. The molecule has 0 saturated carbocycles. The van der Waals surface area contributed by atoms with E-state index in [1.54, 1.807) is 18.2 Å². The van der Waals surface area contributed by atoms with E-state index in [-0.39, 0.29) is 28.2 Å². The molecule has 4 N–H and O–H groups in total. The summed E-state index contributed by atoms with van der Waals surface area (Å²) in [5.41, 5.74) is 1.26. The number of nitrogens with two attached hydrogens (primary N) is 1. The molecule has 0 fully saturated rings. The molecular formula is C18H21N3O5S3. The second-order valence-corrected chi connectivity index (χ2v) is 11.1. The van der Waals surface area contributed by atoms with Crippen molar-refractivity contribution in [2.45, 2.75) is 28.0 Å². The smallest absolute Gasteiger partial charge is 0.240 e. The number of fused-ring (bicyclic) bond motifs is 1. The number of thioether (sulfide) groups is 1. The second kappa shape index (κ2) is 8.44. The molecule has 0 radical (unpaired) electrons. The molecule has 29 heavy (non-hydrogen) atoms. The summed E-state index contributed by atoms with van der Waals surface area (Å²) < 4.78 is 50.3. The summed E-state index contributed by atoms with van der Waals surface area (Å²) in [6.45, 7) is 1.95. The first-order valence-electron chi connectivity index (χ1n) is 8.75. The molecular weight excluding hydrogens is 434 g/mol. The highest BCUT2D eigenvalue weighted by Crippen LogP contribution is 2.34. The highest BCUT2D eigenvalue weighted by molar-refractivity contribution is 7.99. The third-order valence-corrected chi connectivity index (χ3v) is 8.13. The zero-order chi connectivity index (χ0) is 21.2. The highest BCUT2D eigenvalue weighted by atomic mass is 32.2. The number of sulfonamides is 2. The summed E-state index contributed by atoms with van der Waals surface area (Å²) in [4.78, 5) is 12.9. The van der Waals surface area contributed by atoms with Crippen molar-refractivity contribution in [2.75, 3.05) is 17.6 Å². The number of carbonyl (C=O) groups is 1. The van der Waals surface area contributed by atoms with Crippen LogP contribution in [-0.2, 0) is 31.3 Å². The standard InChI is InChI=1S/C18H21N3O5S3/c1-12-11-27-17-7-6-15(10-16(17)21-18(12)22)29(25,26)20-9-8-13-2-4-14(5-3-13)28(19,23)24/h2-7,10,12,20H,8-9,11H2,1H3,(H,21,22)(H2,19,23,24)/t12-/m1/s1. The van der Waals surface area contributed by atoms with Crippen molar-refractivity contribution >= 4 is 43.4 Å². The van der Waals surface area contributed by atoms with Gasteiger partial charge in [0, 0.05) is 23.1 Å². The van der Waals surface area contributed by atoms with Crippen LogP contribution in [0.25, 0.3) is 0 Å². The minimum absolute atomic E-state index is 0.000966. The van der Waals surface area contributed by atoms with E-state index in [1.165, 1.54) is 36.0 Å². The van der Waals surface area contributed by atoms with Crippen molar-refractivity contribution < 1.29 is 21.6 Å². The molecule has 2 aromatic carbocycles. The first kappa shape index (κ1) is 21.8. The van der Waals surface area contributed by atoms with Crippen molar-refractivity contribution in [2.24, 2.45) is 11.1 Å². The molecule has 1 heterocycles. The summed E-state index contributed by atoms with van der Waals surface area (Å²) in [6.07, 6.45) is 0.374. The first-order valence-corrected chi connectivity index (χ1v) is 12.8. The minimum Gasteiger partial charge on any atom is -0.325 e. The highest BCUT2D eigenvalue weighted by Gasteiger charge is 2.22. The maximum absolute atomic E-state index is 12.6. The molecule has 1 aliphatic heterocycles. The van der Waals surface area contributed by atoms with Gasteiger partial charge in [0.2, 0.25) is 26.0 Å². The van der Waals surface area contributed by atoms with Crippen molar-refractivity contribution in [3.63, 3.8) is 0 Å². The van der Waals surface area contributed by atoms with Crippen LogP contribution in [0, 0.1) is 5.92 Å². The Morgan fingerprint density at radius 2 is 1.76 bits per heavy atom. The number of carbonyl (C=O) groups excluding carboxylic acids is 1. The normalized spacial score (nSPS) is 17.3. The second-order valence-electron chi connectivity index (χ2n) is 6.70. The Morgan fingerprint density at radius 1 is 1.10 bits per heavy atom. The van der Waals surface area contributed by atoms with E-state index in [9.17, 15) is 21.6 Å². The minimum atomic E-state index is -3.76. The Bertz CT molecular complexity index is 1130. The predicted molar refractivity (Wildman–Crippen MR) is 112 cm³/mol. The summed E-state index contributed by atoms with van der Waals surface area (Å²) in [6, 6.07) is 10.6. The van der Waals surface area contributed by atoms with Gasteiger partial charge in [-0.2, -0.15) is 0 Å². The lowest BCUT2D eigenvalue weighted by molar-refractivity contribution is -0.118. The molecule has 11 heteroatoms. The van der Waals surface area contributed by atoms with Crippen LogP contribution >= 0.6 is 11.8 Å². The van der Waals surface area contributed by atoms with Crippen LogP contribution < -0.4 is 15.2 Å². The molecule has 0 spiro atoms. The van der Waals surface area contributed by atoms with Gasteiger partial charge in [0.1, 0.15) is 0 Å². The van der Waals surface area contributed by atoms with Gasteiger partial charge in [-0.3, -0.25) is 4.79 Å². The number of benzene rings is 2. The average molecular weight is 456 g/mol. The predicted octanol–water partition coefficient (Wildman–Crippen LogP) is 1.54. The van der Waals surface area contributed by atoms with E-state index in [4.69, 9.17) is 5.14 Å². The monoisotopic (exact) mass is 455 g/mol. The number of rotatable bonds is 6. The van der Waals surface area contributed by atoms with Gasteiger partial charge in [-0.05, 0) is 42.3 Å². The van der Waals surface area contributed by atoms with Gasteiger partial charge in [0.15, 0.2) is 0 Å². The Kier molecular flexibility index (Phi) is 6.34. The van der Waals surface area contributed by atoms with Crippen LogP contribution in [0.5, 0.6) is 0 Å². The number of amides is 1. The molecule has 156 valence electrons. The molecule has 0 unspecified atom stereocenters. The van der Waals surface area contributed by atoms with Crippen LogP contribution in [-0.4, -0.2) is 35.0 Å².